The normalized spacial score (nSPS) is 10.4. The SMILES string of the molecule is Cn1cc(CNc2nc(CC(=O)O)cs2)cn1. The van der Waals surface area contributed by atoms with Gasteiger partial charge < -0.3 is 10.4 Å². The first-order chi connectivity index (χ1) is 8.13. The molecule has 0 aliphatic carbocycles. The van der Waals surface area contributed by atoms with Crippen LogP contribution in [0.2, 0.25) is 0 Å². The van der Waals surface area contributed by atoms with Gasteiger partial charge in [0.15, 0.2) is 5.13 Å². The van der Waals surface area contributed by atoms with Crippen molar-refractivity contribution in [3.05, 3.63) is 29.0 Å². The summed E-state index contributed by atoms with van der Waals surface area (Å²) in [6.45, 7) is 0.633. The average molecular weight is 252 g/mol. The van der Waals surface area contributed by atoms with Gasteiger partial charge in [-0.15, -0.1) is 11.3 Å². The number of carboxylic acid groups (broad SMARTS) is 1. The van der Waals surface area contributed by atoms with E-state index in [1.54, 1.807) is 16.3 Å². The molecule has 0 saturated carbocycles. The van der Waals surface area contributed by atoms with E-state index in [1.807, 2.05) is 13.2 Å². The van der Waals surface area contributed by atoms with Crippen molar-refractivity contribution < 1.29 is 9.90 Å². The van der Waals surface area contributed by atoms with Gasteiger partial charge >= 0.3 is 5.97 Å². The number of nitrogens with zero attached hydrogens (tertiary/aromatic N) is 3. The Balaban J connectivity index is 1.91. The van der Waals surface area contributed by atoms with Crippen molar-refractivity contribution in [1.82, 2.24) is 14.8 Å². The van der Waals surface area contributed by atoms with E-state index in [9.17, 15) is 4.79 Å². The maximum absolute atomic E-state index is 10.5. The van der Waals surface area contributed by atoms with Crippen molar-refractivity contribution in [2.75, 3.05) is 5.32 Å². The fraction of sp³-hybridized carbons (Fsp3) is 0.300. The van der Waals surface area contributed by atoms with Crippen molar-refractivity contribution in [2.45, 2.75) is 13.0 Å². The fourth-order valence-corrected chi connectivity index (χ4v) is 2.07. The lowest BCUT2D eigenvalue weighted by Gasteiger charge is -1.98. The summed E-state index contributed by atoms with van der Waals surface area (Å²) in [5.74, 6) is -0.867. The molecule has 0 aliphatic rings. The van der Waals surface area contributed by atoms with Crippen molar-refractivity contribution in [1.29, 1.82) is 0 Å². The fourth-order valence-electron chi connectivity index (χ4n) is 1.37. The zero-order valence-corrected chi connectivity index (χ0v) is 10.1. The van der Waals surface area contributed by atoms with Crippen LogP contribution in [0.5, 0.6) is 0 Å². The third kappa shape index (κ3) is 3.28. The van der Waals surface area contributed by atoms with Crippen LogP contribution in [0, 0.1) is 0 Å². The molecule has 0 bridgehead atoms. The molecule has 0 unspecified atom stereocenters. The minimum atomic E-state index is -0.867. The molecule has 0 radical (unpaired) electrons. The maximum atomic E-state index is 10.5. The predicted molar refractivity (Wildman–Crippen MR) is 64.0 cm³/mol. The number of carbonyl (C=O) groups is 1. The summed E-state index contributed by atoms with van der Waals surface area (Å²) in [7, 11) is 1.86. The van der Waals surface area contributed by atoms with Gasteiger partial charge in [-0.25, -0.2) is 4.98 Å². The number of aromatic nitrogens is 3. The Morgan fingerprint density at radius 3 is 3.12 bits per heavy atom. The molecule has 0 amide bonds. The van der Waals surface area contributed by atoms with Gasteiger partial charge in [-0.2, -0.15) is 5.10 Å². The third-order valence-electron chi connectivity index (χ3n) is 2.09. The molecular formula is C10H12N4O2S. The highest BCUT2D eigenvalue weighted by molar-refractivity contribution is 7.13. The highest BCUT2D eigenvalue weighted by Gasteiger charge is 2.06. The van der Waals surface area contributed by atoms with Gasteiger partial charge in [-0.1, -0.05) is 0 Å². The van der Waals surface area contributed by atoms with Crippen molar-refractivity contribution in [3.63, 3.8) is 0 Å². The second kappa shape index (κ2) is 4.96. The van der Waals surface area contributed by atoms with Gasteiger partial charge in [-0.3, -0.25) is 9.48 Å². The lowest BCUT2D eigenvalue weighted by molar-refractivity contribution is -0.136. The molecule has 0 spiro atoms. The first-order valence-electron chi connectivity index (χ1n) is 5.01. The quantitative estimate of drug-likeness (QED) is 0.833. The Bertz CT molecular complexity index is 520. The number of aliphatic carboxylic acids is 1. The summed E-state index contributed by atoms with van der Waals surface area (Å²) < 4.78 is 1.73. The summed E-state index contributed by atoms with van der Waals surface area (Å²) in [6, 6.07) is 0. The molecule has 0 saturated heterocycles. The van der Waals surface area contributed by atoms with Crippen molar-refractivity contribution in [3.8, 4) is 0 Å². The van der Waals surface area contributed by atoms with E-state index >= 15 is 0 Å². The maximum Gasteiger partial charge on any atom is 0.309 e. The molecule has 0 aromatic carbocycles. The number of rotatable bonds is 5. The Morgan fingerprint density at radius 1 is 1.65 bits per heavy atom. The number of nitrogens with one attached hydrogen (secondary N) is 1. The number of hydrogen-bond acceptors (Lipinski definition) is 5. The highest BCUT2D eigenvalue weighted by Crippen LogP contribution is 2.16. The molecular weight excluding hydrogens is 240 g/mol. The van der Waals surface area contributed by atoms with E-state index in [0.29, 0.717) is 12.2 Å². The van der Waals surface area contributed by atoms with E-state index in [1.165, 1.54) is 11.3 Å². The lowest BCUT2D eigenvalue weighted by atomic mass is 10.3. The molecule has 6 nitrogen and oxygen atoms in total. The molecule has 17 heavy (non-hydrogen) atoms. The van der Waals surface area contributed by atoms with E-state index in [2.05, 4.69) is 15.4 Å². The Labute approximate surface area is 102 Å². The van der Waals surface area contributed by atoms with Crippen molar-refractivity contribution >= 4 is 22.4 Å². The largest absolute Gasteiger partial charge is 0.481 e. The van der Waals surface area contributed by atoms with Crippen LogP contribution >= 0.6 is 11.3 Å². The zero-order chi connectivity index (χ0) is 12.3. The monoisotopic (exact) mass is 252 g/mol. The van der Waals surface area contributed by atoms with Gasteiger partial charge in [0, 0.05) is 30.7 Å². The summed E-state index contributed by atoms with van der Waals surface area (Å²) in [5, 5.41) is 18.3. The molecule has 2 aromatic heterocycles. The molecule has 90 valence electrons. The molecule has 0 fully saturated rings. The number of thiazole rings is 1. The van der Waals surface area contributed by atoms with Crippen LogP contribution < -0.4 is 5.32 Å². The van der Waals surface area contributed by atoms with Crippen LogP contribution in [0.4, 0.5) is 5.13 Å². The van der Waals surface area contributed by atoms with Gasteiger partial charge in [0.2, 0.25) is 0 Å². The summed E-state index contributed by atoms with van der Waals surface area (Å²) in [4.78, 5) is 14.7. The van der Waals surface area contributed by atoms with E-state index < -0.39 is 5.97 Å². The second-order valence-corrected chi connectivity index (χ2v) is 4.45. The topological polar surface area (TPSA) is 80.0 Å². The van der Waals surface area contributed by atoms with Crippen LogP contribution in [0.3, 0.4) is 0 Å². The molecule has 0 atom stereocenters. The van der Waals surface area contributed by atoms with E-state index in [4.69, 9.17) is 5.11 Å². The van der Waals surface area contributed by atoms with Gasteiger partial charge in [0.25, 0.3) is 0 Å². The van der Waals surface area contributed by atoms with E-state index in [-0.39, 0.29) is 6.42 Å². The molecule has 0 aliphatic heterocycles. The van der Waals surface area contributed by atoms with E-state index in [0.717, 1.165) is 10.7 Å². The standard InChI is InChI=1S/C10H12N4O2S/c1-14-5-7(4-12-14)3-11-10-13-8(6-17-10)2-9(15)16/h4-6H,2-3H2,1H3,(H,11,13)(H,15,16). The minimum Gasteiger partial charge on any atom is -0.481 e. The van der Waals surface area contributed by atoms with Gasteiger partial charge in [-0.05, 0) is 0 Å². The Morgan fingerprint density at radius 2 is 2.47 bits per heavy atom. The number of aryl methyl sites for hydroxylation is 1. The first kappa shape index (κ1) is 11.6. The number of hydrogen-bond donors (Lipinski definition) is 2. The lowest BCUT2D eigenvalue weighted by Crippen LogP contribution is -2.01. The molecule has 2 N–H and O–H groups in total. The van der Waals surface area contributed by atoms with Gasteiger partial charge in [0.05, 0.1) is 18.3 Å². The zero-order valence-electron chi connectivity index (χ0n) is 9.25. The third-order valence-corrected chi connectivity index (χ3v) is 2.93. The van der Waals surface area contributed by atoms with Gasteiger partial charge in [0.1, 0.15) is 0 Å². The number of carboxylic acids is 1. The minimum absolute atomic E-state index is 0.0366. The van der Waals surface area contributed by atoms with Crippen LogP contribution in [-0.4, -0.2) is 25.8 Å². The summed E-state index contributed by atoms with van der Waals surface area (Å²) >= 11 is 1.40. The average Bonchev–Trinajstić information content (AvgIpc) is 2.84. The number of anilines is 1. The summed E-state index contributed by atoms with van der Waals surface area (Å²) in [6.07, 6.45) is 3.66. The molecule has 2 rings (SSSR count). The molecule has 2 aromatic rings. The Hall–Kier alpha value is -1.89. The van der Waals surface area contributed by atoms with Crippen LogP contribution in [0.1, 0.15) is 11.3 Å². The predicted octanol–water partition coefficient (Wildman–Crippen LogP) is 1.12. The van der Waals surface area contributed by atoms with Crippen LogP contribution in [-0.2, 0) is 24.8 Å². The Kier molecular flexibility index (Phi) is 3.38. The highest BCUT2D eigenvalue weighted by atomic mass is 32.1. The first-order valence-corrected chi connectivity index (χ1v) is 5.89. The molecule has 7 heteroatoms. The van der Waals surface area contributed by atoms with Crippen LogP contribution in [0.25, 0.3) is 0 Å². The molecule has 2 heterocycles. The van der Waals surface area contributed by atoms with Crippen LogP contribution in [0.15, 0.2) is 17.8 Å². The summed E-state index contributed by atoms with van der Waals surface area (Å²) in [5.41, 5.74) is 1.64. The van der Waals surface area contributed by atoms with Crippen molar-refractivity contribution in [2.24, 2.45) is 7.05 Å². The second-order valence-electron chi connectivity index (χ2n) is 3.59. The smallest absolute Gasteiger partial charge is 0.309 e.